The Balaban J connectivity index is 1.97. The molecular weight excluding hydrogens is 435 g/mol. The maximum atomic E-state index is 15.0. The van der Waals surface area contributed by atoms with Gasteiger partial charge in [0.2, 0.25) is 0 Å². The van der Waals surface area contributed by atoms with E-state index in [1.54, 1.807) is 6.08 Å². The van der Waals surface area contributed by atoms with Crippen LogP contribution < -0.4 is 4.74 Å². The summed E-state index contributed by atoms with van der Waals surface area (Å²) in [6.07, 6.45) is 6.34. The molecule has 33 heavy (non-hydrogen) atoms. The molecule has 0 aliphatic carbocycles. The summed E-state index contributed by atoms with van der Waals surface area (Å²) in [5.41, 5.74) is -0.770. The van der Waals surface area contributed by atoms with Crippen molar-refractivity contribution in [3.05, 3.63) is 88.8 Å². The van der Waals surface area contributed by atoms with Gasteiger partial charge in [0.1, 0.15) is 18.2 Å². The maximum Gasteiger partial charge on any atom is 0.169 e. The molecule has 1 nitrogen and oxygen atoms in total. The number of allylic oxidation sites excluding steroid dienone is 1. The lowest BCUT2D eigenvalue weighted by Crippen LogP contribution is -2.00. The van der Waals surface area contributed by atoms with Gasteiger partial charge in [-0.15, -0.1) is 0 Å². The van der Waals surface area contributed by atoms with E-state index < -0.39 is 40.1 Å². The first-order valence-electron chi connectivity index (χ1n) is 10.9. The SMILES string of the molecule is CC=CCOc1ccc(C(F)=C(F)c2ccc3cc(CCCCC)c(F)c(F)c3c2F)cc1. The van der Waals surface area contributed by atoms with Crippen molar-refractivity contribution in [2.45, 2.75) is 39.5 Å². The second-order valence-corrected chi connectivity index (χ2v) is 7.68. The van der Waals surface area contributed by atoms with Crippen molar-refractivity contribution in [2.24, 2.45) is 0 Å². The molecule has 0 aliphatic heterocycles. The summed E-state index contributed by atoms with van der Waals surface area (Å²) in [6.45, 7) is 4.16. The predicted molar refractivity (Wildman–Crippen MR) is 123 cm³/mol. The molecule has 3 aromatic carbocycles. The molecule has 0 radical (unpaired) electrons. The molecule has 0 N–H and O–H groups in total. The first-order chi connectivity index (χ1) is 15.9. The van der Waals surface area contributed by atoms with E-state index in [0.717, 1.165) is 18.9 Å². The molecule has 0 heterocycles. The summed E-state index contributed by atoms with van der Waals surface area (Å²) in [4.78, 5) is 0. The Labute approximate surface area is 190 Å². The lowest BCUT2D eigenvalue weighted by Gasteiger charge is -2.11. The van der Waals surface area contributed by atoms with E-state index in [1.807, 2.05) is 19.9 Å². The summed E-state index contributed by atoms with van der Waals surface area (Å²) in [5, 5.41) is -0.600. The van der Waals surface area contributed by atoms with Crippen LogP contribution in [0.2, 0.25) is 0 Å². The van der Waals surface area contributed by atoms with Gasteiger partial charge in [0.15, 0.2) is 23.3 Å². The standard InChI is InChI=1S/C27H25F5O/c1-3-5-7-8-19-16-18-11-14-21(25(30)22(18)27(32)24(19)29)26(31)23(28)17-9-12-20(13-10-17)33-15-6-4-2/h4,6,9-14,16H,3,5,7-8,15H2,1-2H3. The Morgan fingerprint density at radius 2 is 1.61 bits per heavy atom. The predicted octanol–water partition coefficient (Wildman–Crippen LogP) is 8.71. The van der Waals surface area contributed by atoms with Gasteiger partial charge in [-0.3, -0.25) is 0 Å². The van der Waals surface area contributed by atoms with Crippen LogP contribution in [0.4, 0.5) is 22.0 Å². The van der Waals surface area contributed by atoms with Crippen LogP contribution in [0.15, 0.2) is 54.6 Å². The second kappa shape index (κ2) is 11.1. The second-order valence-electron chi connectivity index (χ2n) is 7.68. The number of ether oxygens (including phenoxy) is 1. The highest BCUT2D eigenvalue weighted by Gasteiger charge is 2.22. The minimum absolute atomic E-state index is 0.0949. The highest BCUT2D eigenvalue weighted by molar-refractivity contribution is 5.91. The van der Waals surface area contributed by atoms with Crippen LogP contribution in [0.25, 0.3) is 22.4 Å². The third-order valence-corrected chi connectivity index (χ3v) is 5.37. The average Bonchev–Trinajstić information content (AvgIpc) is 2.82. The van der Waals surface area contributed by atoms with Crippen molar-refractivity contribution in [2.75, 3.05) is 6.61 Å². The van der Waals surface area contributed by atoms with Gasteiger partial charge in [0.05, 0.1) is 5.39 Å². The molecule has 3 aromatic rings. The number of benzene rings is 3. The average molecular weight is 460 g/mol. The van der Waals surface area contributed by atoms with Crippen LogP contribution in [0.3, 0.4) is 0 Å². The van der Waals surface area contributed by atoms with Crippen LogP contribution in [-0.2, 0) is 6.42 Å². The molecule has 0 saturated heterocycles. The summed E-state index contributed by atoms with van der Waals surface area (Å²) >= 11 is 0. The fourth-order valence-corrected chi connectivity index (χ4v) is 3.54. The fraction of sp³-hybridized carbons (Fsp3) is 0.259. The number of halogens is 5. The molecule has 0 amide bonds. The van der Waals surface area contributed by atoms with Crippen LogP contribution >= 0.6 is 0 Å². The van der Waals surface area contributed by atoms with Crippen molar-refractivity contribution in [3.8, 4) is 5.75 Å². The normalized spacial score (nSPS) is 12.5. The molecule has 0 unspecified atom stereocenters. The Bertz CT molecular complexity index is 1180. The molecular formula is C27H25F5O. The molecule has 0 aromatic heterocycles. The van der Waals surface area contributed by atoms with E-state index in [9.17, 15) is 17.6 Å². The minimum Gasteiger partial charge on any atom is -0.490 e. The first-order valence-corrected chi connectivity index (χ1v) is 10.9. The summed E-state index contributed by atoms with van der Waals surface area (Å²) in [7, 11) is 0. The number of fused-ring (bicyclic) bond motifs is 1. The van der Waals surface area contributed by atoms with Crippen molar-refractivity contribution in [3.63, 3.8) is 0 Å². The summed E-state index contributed by atoms with van der Waals surface area (Å²) < 4.78 is 79.3. The third kappa shape index (κ3) is 5.44. The minimum atomic E-state index is -1.50. The van der Waals surface area contributed by atoms with E-state index in [-0.39, 0.29) is 16.5 Å². The number of unbranched alkanes of at least 4 members (excludes halogenated alkanes) is 2. The van der Waals surface area contributed by atoms with Crippen molar-refractivity contribution >= 4 is 22.4 Å². The van der Waals surface area contributed by atoms with Gasteiger partial charge in [-0.05, 0) is 67.1 Å². The zero-order valence-corrected chi connectivity index (χ0v) is 18.5. The highest BCUT2D eigenvalue weighted by Crippen LogP contribution is 2.35. The van der Waals surface area contributed by atoms with Crippen molar-refractivity contribution < 1.29 is 26.7 Å². The molecule has 0 bridgehead atoms. The zero-order valence-electron chi connectivity index (χ0n) is 18.5. The van der Waals surface area contributed by atoms with Gasteiger partial charge >= 0.3 is 0 Å². The Morgan fingerprint density at radius 1 is 0.879 bits per heavy atom. The largest absolute Gasteiger partial charge is 0.490 e. The van der Waals surface area contributed by atoms with Gasteiger partial charge in [0, 0.05) is 11.1 Å². The van der Waals surface area contributed by atoms with E-state index in [4.69, 9.17) is 4.74 Å². The highest BCUT2D eigenvalue weighted by atomic mass is 19.2. The molecule has 174 valence electrons. The van der Waals surface area contributed by atoms with E-state index in [0.29, 0.717) is 25.2 Å². The Kier molecular flexibility index (Phi) is 8.26. The topological polar surface area (TPSA) is 9.23 Å². The number of rotatable bonds is 9. The van der Waals surface area contributed by atoms with Gasteiger partial charge in [0.25, 0.3) is 0 Å². The molecule has 0 atom stereocenters. The maximum absolute atomic E-state index is 15.0. The fourth-order valence-electron chi connectivity index (χ4n) is 3.54. The number of hydrogen-bond acceptors (Lipinski definition) is 1. The summed E-state index contributed by atoms with van der Waals surface area (Å²) in [5.74, 6) is -6.26. The molecule has 6 heteroatoms. The molecule has 0 saturated carbocycles. The molecule has 0 fully saturated rings. The van der Waals surface area contributed by atoms with Gasteiger partial charge in [-0.1, -0.05) is 38.0 Å². The molecule has 3 rings (SSSR count). The van der Waals surface area contributed by atoms with Gasteiger partial charge < -0.3 is 4.74 Å². The number of hydrogen-bond donors (Lipinski definition) is 0. The first kappa shape index (κ1) is 24.5. The van der Waals surface area contributed by atoms with Crippen LogP contribution in [0.1, 0.15) is 49.8 Å². The van der Waals surface area contributed by atoms with Gasteiger partial charge in [-0.2, -0.15) is 0 Å². The van der Waals surface area contributed by atoms with Crippen LogP contribution in [0, 0.1) is 17.5 Å². The van der Waals surface area contributed by atoms with Gasteiger partial charge in [-0.25, -0.2) is 22.0 Å². The Morgan fingerprint density at radius 3 is 2.27 bits per heavy atom. The van der Waals surface area contributed by atoms with Crippen molar-refractivity contribution in [1.29, 1.82) is 0 Å². The quantitative estimate of drug-likeness (QED) is 0.134. The monoisotopic (exact) mass is 460 g/mol. The lowest BCUT2D eigenvalue weighted by molar-refractivity contribution is 0.362. The third-order valence-electron chi connectivity index (χ3n) is 5.37. The zero-order chi connectivity index (χ0) is 24.0. The number of aryl methyl sites for hydroxylation is 1. The van der Waals surface area contributed by atoms with E-state index in [1.165, 1.54) is 36.4 Å². The van der Waals surface area contributed by atoms with Crippen LogP contribution in [-0.4, -0.2) is 6.61 Å². The smallest absolute Gasteiger partial charge is 0.169 e. The molecule has 0 spiro atoms. The summed E-state index contributed by atoms with van der Waals surface area (Å²) in [6, 6.07) is 9.16. The van der Waals surface area contributed by atoms with Crippen molar-refractivity contribution in [1.82, 2.24) is 0 Å². The van der Waals surface area contributed by atoms with E-state index in [2.05, 4.69) is 0 Å². The van der Waals surface area contributed by atoms with Crippen LogP contribution in [0.5, 0.6) is 5.75 Å². The Hall–Kier alpha value is -3.15. The van der Waals surface area contributed by atoms with E-state index >= 15 is 4.39 Å². The molecule has 0 aliphatic rings. The lowest BCUT2D eigenvalue weighted by atomic mass is 9.98.